The van der Waals surface area contributed by atoms with E-state index in [1.807, 2.05) is 19.1 Å². The van der Waals surface area contributed by atoms with Crippen molar-refractivity contribution in [3.05, 3.63) is 35.6 Å². The van der Waals surface area contributed by atoms with Gasteiger partial charge in [0.15, 0.2) is 12.4 Å². The molecule has 0 bridgehead atoms. The molecule has 2 heterocycles. The molecule has 1 aromatic carbocycles. The quantitative estimate of drug-likeness (QED) is 0.753. The predicted octanol–water partition coefficient (Wildman–Crippen LogP) is 1.83. The number of methoxy groups -OCH3 is 1. The maximum Gasteiger partial charge on any atom is 0.311 e. The van der Waals surface area contributed by atoms with Crippen LogP contribution in [-0.4, -0.2) is 43.2 Å². The highest BCUT2D eigenvalue weighted by molar-refractivity contribution is 6.01. The number of carbonyl (C=O) groups is 3. The van der Waals surface area contributed by atoms with Crippen molar-refractivity contribution >= 4 is 29.3 Å². The average molecular weight is 387 g/mol. The number of rotatable bonds is 6. The zero-order valence-corrected chi connectivity index (χ0v) is 15.9. The smallest absolute Gasteiger partial charge is 0.311 e. The molecule has 148 valence electrons. The van der Waals surface area contributed by atoms with Gasteiger partial charge >= 0.3 is 5.97 Å². The monoisotopic (exact) mass is 387 g/mol. The Morgan fingerprint density at radius 2 is 2.11 bits per heavy atom. The number of carbonyl (C=O) groups excluding carboxylic acids is 3. The number of hydrogen-bond donors (Lipinski definition) is 1. The summed E-state index contributed by atoms with van der Waals surface area (Å²) in [5, 5.41) is 6.09. The summed E-state index contributed by atoms with van der Waals surface area (Å²) in [6, 6.07) is 7.03. The van der Waals surface area contributed by atoms with Gasteiger partial charge in [0.2, 0.25) is 5.91 Å². The van der Waals surface area contributed by atoms with Gasteiger partial charge in [-0.3, -0.25) is 14.4 Å². The van der Waals surface area contributed by atoms with E-state index in [2.05, 4.69) is 10.5 Å². The largest absolute Gasteiger partial charge is 0.495 e. The second-order valence-electron chi connectivity index (χ2n) is 6.56. The fraction of sp³-hybridized carbons (Fsp3) is 0.368. The number of hydrogen-bond acceptors (Lipinski definition) is 7. The average Bonchev–Trinajstić information content (AvgIpc) is 3.25. The summed E-state index contributed by atoms with van der Waals surface area (Å²) in [6.45, 7) is 3.30. The van der Waals surface area contributed by atoms with E-state index in [0.717, 1.165) is 5.56 Å². The molecular formula is C19H21N3O6. The molecule has 3 rings (SSSR count). The van der Waals surface area contributed by atoms with Crippen LogP contribution in [0, 0.1) is 19.8 Å². The molecule has 1 N–H and O–H groups in total. The van der Waals surface area contributed by atoms with Crippen LogP contribution in [0.4, 0.5) is 11.5 Å². The van der Waals surface area contributed by atoms with Crippen molar-refractivity contribution in [3.63, 3.8) is 0 Å². The van der Waals surface area contributed by atoms with Crippen molar-refractivity contribution in [2.75, 3.05) is 30.5 Å². The molecular weight excluding hydrogens is 366 g/mol. The third-order valence-corrected chi connectivity index (χ3v) is 4.32. The molecule has 9 nitrogen and oxygen atoms in total. The SMILES string of the molecule is COc1ccc(C)cc1N1C[C@@H](C(=O)OCC(=O)Nc2cc(C)on2)CC1=O. The van der Waals surface area contributed by atoms with Gasteiger partial charge in [-0.05, 0) is 31.5 Å². The number of aryl methyl sites for hydroxylation is 2. The lowest BCUT2D eigenvalue weighted by Crippen LogP contribution is -2.28. The van der Waals surface area contributed by atoms with E-state index in [-0.39, 0.29) is 24.7 Å². The van der Waals surface area contributed by atoms with Gasteiger partial charge in [0, 0.05) is 19.0 Å². The maximum absolute atomic E-state index is 12.4. The zero-order valence-electron chi connectivity index (χ0n) is 15.9. The van der Waals surface area contributed by atoms with Gasteiger partial charge in [-0.25, -0.2) is 0 Å². The molecule has 28 heavy (non-hydrogen) atoms. The highest BCUT2D eigenvalue weighted by Crippen LogP contribution is 2.34. The minimum atomic E-state index is -0.653. The van der Waals surface area contributed by atoms with Crippen LogP contribution in [0.2, 0.25) is 0 Å². The second-order valence-corrected chi connectivity index (χ2v) is 6.56. The van der Waals surface area contributed by atoms with Gasteiger partial charge in [-0.2, -0.15) is 0 Å². The number of anilines is 2. The first-order valence-electron chi connectivity index (χ1n) is 8.72. The molecule has 0 radical (unpaired) electrons. The Hall–Kier alpha value is -3.36. The standard InChI is InChI=1S/C19H21N3O6/c1-11-4-5-15(26-3)14(6-11)22-9-13(8-18(22)24)19(25)27-10-17(23)20-16-7-12(2)28-21-16/h4-7,13H,8-10H2,1-3H3,(H,20,21,23)/t13-/m0/s1. The summed E-state index contributed by atoms with van der Waals surface area (Å²) in [5.41, 5.74) is 1.58. The van der Waals surface area contributed by atoms with E-state index >= 15 is 0 Å². The van der Waals surface area contributed by atoms with Crippen molar-refractivity contribution in [2.24, 2.45) is 5.92 Å². The van der Waals surface area contributed by atoms with Crippen LogP contribution < -0.4 is 15.0 Å². The molecule has 1 saturated heterocycles. The van der Waals surface area contributed by atoms with Crippen molar-refractivity contribution in [2.45, 2.75) is 20.3 Å². The molecule has 9 heteroatoms. The first-order chi connectivity index (χ1) is 13.4. The van der Waals surface area contributed by atoms with Crippen molar-refractivity contribution in [3.8, 4) is 5.75 Å². The summed E-state index contributed by atoms with van der Waals surface area (Å²) in [6.07, 6.45) is 0.0139. The summed E-state index contributed by atoms with van der Waals surface area (Å²) in [4.78, 5) is 38.1. The highest BCUT2D eigenvalue weighted by atomic mass is 16.5. The Balaban J connectivity index is 1.58. The second kappa shape index (κ2) is 8.12. The Bertz CT molecular complexity index is 907. The number of nitrogens with zero attached hydrogens (tertiary/aromatic N) is 2. The number of ether oxygens (including phenoxy) is 2. The molecule has 0 spiro atoms. The van der Waals surface area contributed by atoms with Gasteiger partial charge in [0.1, 0.15) is 11.5 Å². The van der Waals surface area contributed by atoms with E-state index < -0.39 is 24.4 Å². The number of aromatic nitrogens is 1. The van der Waals surface area contributed by atoms with E-state index in [4.69, 9.17) is 14.0 Å². The Morgan fingerprint density at radius 1 is 1.32 bits per heavy atom. The molecule has 1 aliphatic heterocycles. The Morgan fingerprint density at radius 3 is 2.79 bits per heavy atom. The van der Waals surface area contributed by atoms with Gasteiger partial charge in [-0.1, -0.05) is 11.2 Å². The van der Waals surface area contributed by atoms with Crippen LogP contribution >= 0.6 is 0 Å². The fourth-order valence-corrected chi connectivity index (χ4v) is 2.97. The van der Waals surface area contributed by atoms with Crippen LogP contribution in [0.15, 0.2) is 28.8 Å². The van der Waals surface area contributed by atoms with Crippen molar-refractivity contribution in [1.82, 2.24) is 5.16 Å². The van der Waals surface area contributed by atoms with E-state index in [0.29, 0.717) is 17.2 Å². The minimum Gasteiger partial charge on any atom is -0.495 e. The van der Waals surface area contributed by atoms with Crippen LogP contribution in [0.25, 0.3) is 0 Å². The third kappa shape index (κ3) is 4.30. The topological polar surface area (TPSA) is 111 Å². The summed E-state index contributed by atoms with van der Waals surface area (Å²) in [5.74, 6) is -0.656. The maximum atomic E-state index is 12.4. The Labute approximate surface area is 161 Å². The molecule has 0 unspecified atom stereocenters. The van der Waals surface area contributed by atoms with Crippen LogP contribution in [0.3, 0.4) is 0 Å². The molecule has 1 aliphatic rings. The lowest BCUT2D eigenvalue weighted by atomic mass is 10.1. The molecule has 2 amide bonds. The summed E-state index contributed by atoms with van der Waals surface area (Å²) >= 11 is 0. The predicted molar refractivity (Wildman–Crippen MR) is 99.0 cm³/mol. The zero-order chi connectivity index (χ0) is 20.3. The highest BCUT2D eigenvalue weighted by Gasteiger charge is 2.37. The van der Waals surface area contributed by atoms with E-state index in [1.54, 1.807) is 19.1 Å². The van der Waals surface area contributed by atoms with Crippen molar-refractivity contribution < 1.29 is 28.4 Å². The fourth-order valence-electron chi connectivity index (χ4n) is 2.97. The van der Waals surface area contributed by atoms with Crippen molar-refractivity contribution in [1.29, 1.82) is 0 Å². The molecule has 1 aromatic heterocycles. The van der Waals surface area contributed by atoms with Gasteiger partial charge in [0.25, 0.3) is 5.91 Å². The van der Waals surface area contributed by atoms with E-state index in [9.17, 15) is 14.4 Å². The third-order valence-electron chi connectivity index (χ3n) is 4.32. The molecule has 2 aromatic rings. The molecule has 0 saturated carbocycles. The van der Waals surface area contributed by atoms with E-state index in [1.165, 1.54) is 12.0 Å². The van der Waals surface area contributed by atoms with Gasteiger partial charge in [0.05, 0.1) is 18.7 Å². The number of benzene rings is 1. The number of amides is 2. The van der Waals surface area contributed by atoms with Gasteiger partial charge < -0.3 is 24.2 Å². The van der Waals surface area contributed by atoms with Crippen LogP contribution in [0.1, 0.15) is 17.7 Å². The van der Waals surface area contributed by atoms with Crippen LogP contribution in [-0.2, 0) is 19.1 Å². The first kappa shape index (κ1) is 19.4. The molecule has 1 atom stereocenters. The number of nitrogens with one attached hydrogen (secondary N) is 1. The van der Waals surface area contributed by atoms with Gasteiger partial charge in [-0.15, -0.1) is 0 Å². The lowest BCUT2D eigenvalue weighted by molar-refractivity contribution is -0.151. The normalized spacial score (nSPS) is 16.2. The minimum absolute atomic E-state index is 0.0139. The molecule has 1 fully saturated rings. The lowest BCUT2D eigenvalue weighted by Gasteiger charge is -2.20. The first-order valence-corrected chi connectivity index (χ1v) is 8.72. The summed E-state index contributed by atoms with van der Waals surface area (Å²) < 4.78 is 15.2. The molecule has 0 aliphatic carbocycles. The number of esters is 1. The Kier molecular flexibility index (Phi) is 5.62. The summed E-state index contributed by atoms with van der Waals surface area (Å²) in [7, 11) is 1.52. The van der Waals surface area contributed by atoms with Crippen LogP contribution in [0.5, 0.6) is 5.75 Å².